The summed E-state index contributed by atoms with van der Waals surface area (Å²) in [5.74, 6) is 1.92. The van der Waals surface area contributed by atoms with Crippen LogP contribution in [0.4, 0.5) is 43.4 Å². The van der Waals surface area contributed by atoms with E-state index in [1.54, 1.807) is 36.4 Å². The molecule has 0 saturated heterocycles. The number of halogens is 2. The van der Waals surface area contributed by atoms with E-state index in [1.807, 2.05) is 104 Å². The van der Waals surface area contributed by atoms with E-state index in [4.69, 9.17) is 39.1 Å². The minimum Gasteiger partial charge on any atom is -0.494 e. The first-order valence-electron chi connectivity index (χ1n) is 23.3. The van der Waals surface area contributed by atoms with E-state index in [-0.39, 0.29) is 11.5 Å². The molecule has 0 atom stereocenters. The molecule has 75 heavy (non-hydrogen) atoms. The van der Waals surface area contributed by atoms with Crippen LogP contribution in [-0.4, -0.2) is 46.5 Å². The second kappa shape index (κ2) is 22.3. The third-order valence-corrected chi connectivity index (χ3v) is 11.9. The first-order valence-corrected chi connectivity index (χ1v) is 23.3. The van der Waals surface area contributed by atoms with E-state index in [0.29, 0.717) is 52.1 Å². The van der Waals surface area contributed by atoms with Gasteiger partial charge in [-0.2, -0.15) is 0 Å². The van der Waals surface area contributed by atoms with Crippen LogP contribution in [0.3, 0.4) is 0 Å². The van der Waals surface area contributed by atoms with E-state index in [2.05, 4.69) is 52.0 Å². The molecule has 0 aliphatic carbocycles. The van der Waals surface area contributed by atoms with Gasteiger partial charge >= 0.3 is 0 Å². The van der Waals surface area contributed by atoms with Gasteiger partial charge in [0.1, 0.15) is 66.0 Å². The number of ether oxygens (including phenoxy) is 1. The van der Waals surface area contributed by atoms with Crippen LogP contribution in [0.2, 0.25) is 0 Å². The van der Waals surface area contributed by atoms with Gasteiger partial charge in [0.15, 0.2) is 0 Å². The van der Waals surface area contributed by atoms with Gasteiger partial charge < -0.3 is 39.1 Å². The molecule has 17 heteroatoms. The number of nitrogens with zero attached hydrogens (tertiary/aromatic N) is 8. The monoisotopic (exact) mass is 994 g/mol. The molecule has 12 aromatic rings. The van der Waals surface area contributed by atoms with Crippen molar-refractivity contribution in [3.8, 4) is 50.3 Å². The molecule has 15 nitrogen and oxygen atoms in total. The lowest BCUT2D eigenvalue weighted by atomic mass is 10.0. The highest BCUT2D eigenvalue weighted by atomic mass is 19.1. The van der Waals surface area contributed by atoms with Gasteiger partial charge in [-0.1, -0.05) is 72.8 Å². The van der Waals surface area contributed by atoms with Crippen LogP contribution >= 0.6 is 0 Å². The number of hydrogen-bond acceptors (Lipinski definition) is 15. The maximum Gasteiger partial charge on any atom is 0.146 e. The van der Waals surface area contributed by atoms with E-state index in [9.17, 15) is 8.78 Å². The van der Waals surface area contributed by atoms with Crippen LogP contribution in [-0.2, 0) is 0 Å². The molecule has 4 heterocycles. The molecule has 0 spiro atoms. The summed E-state index contributed by atoms with van der Waals surface area (Å²) >= 11 is 0. The van der Waals surface area contributed by atoms with Crippen molar-refractivity contribution in [1.29, 1.82) is 0 Å². The normalized spacial score (nSPS) is 10.7. The molecule has 370 valence electrons. The van der Waals surface area contributed by atoms with Gasteiger partial charge in [-0.15, -0.1) is 0 Å². The maximum absolute atomic E-state index is 13.8. The minimum atomic E-state index is -0.424. The molecule has 0 amide bonds. The molecule has 0 bridgehead atoms. The minimum absolute atomic E-state index is 0.120. The van der Waals surface area contributed by atoms with Crippen molar-refractivity contribution >= 4 is 78.3 Å². The van der Waals surface area contributed by atoms with E-state index < -0.39 is 5.82 Å². The van der Waals surface area contributed by atoms with Crippen molar-refractivity contribution in [2.75, 3.05) is 41.0 Å². The molecule has 4 aromatic heterocycles. The van der Waals surface area contributed by atoms with Crippen LogP contribution < -0.4 is 39.1 Å². The third kappa shape index (κ3) is 11.5. The number of fused-ring (bicyclic) bond motifs is 4. The molecular formula is C58H48F2N14O. The Hall–Kier alpha value is -10.4. The maximum atomic E-state index is 13.8. The SMILES string of the molecule is CCOc1cccc(-c2ccc3ncnc(N)c3c2)c1.Nc1cc(-c2ccc3ncnc(N)c3c2)ccc1F.Nc1ccc(F)c(-c2ccc3ncnc(N)c3c2)c1.Nc1ncnc2ccc(-c3ccccc3)cc12. The van der Waals surface area contributed by atoms with Crippen molar-refractivity contribution < 1.29 is 13.5 Å². The molecule has 0 aliphatic rings. The number of rotatable bonds is 6. The van der Waals surface area contributed by atoms with E-state index >= 15 is 0 Å². The Morgan fingerprint density at radius 3 is 1.24 bits per heavy atom. The summed E-state index contributed by atoms with van der Waals surface area (Å²) in [7, 11) is 0. The molecule has 0 unspecified atom stereocenters. The Morgan fingerprint density at radius 2 is 0.760 bits per heavy atom. The zero-order valence-corrected chi connectivity index (χ0v) is 40.3. The molecule has 0 saturated carbocycles. The first kappa shape index (κ1) is 49.6. The van der Waals surface area contributed by atoms with Crippen molar-refractivity contribution in [3.63, 3.8) is 0 Å². The number of benzene rings is 8. The Morgan fingerprint density at radius 1 is 0.360 bits per heavy atom. The van der Waals surface area contributed by atoms with Crippen molar-refractivity contribution in [2.45, 2.75) is 6.92 Å². The Bertz CT molecular complexity index is 4000. The quantitative estimate of drug-likeness (QED) is 0.0846. The molecule has 8 aromatic carbocycles. The van der Waals surface area contributed by atoms with Crippen LogP contribution in [0.25, 0.3) is 88.1 Å². The molecular weight excluding hydrogens is 947 g/mol. The lowest BCUT2D eigenvalue weighted by Crippen LogP contribution is -1.94. The summed E-state index contributed by atoms with van der Waals surface area (Å²) in [6.07, 6.45) is 5.79. The van der Waals surface area contributed by atoms with Gasteiger partial charge in [-0.25, -0.2) is 48.7 Å². The van der Waals surface area contributed by atoms with Gasteiger partial charge in [-0.3, -0.25) is 0 Å². The fraction of sp³-hybridized carbons (Fsp3) is 0.0345. The highest BCUT2D eigenvalue weighted by molar-refractivity contribution is 5.94. The van der Waals surface area contributed by atoms with Crippen LogP contribution in [0, 0.1) is 11.6 Å². The molecule has 12 N–H and O–H groups in total. The topological polar surface area (TPSA) is 268 Å². The zero-order valence-electron chi connectivity index (χ0n) is 40.3. The molecule has 0 aliphatic heterocycles. The van der Waals surface area contributed by atoms with Crippen molar-refractivity contribution in [1.82, 2.24) is 39.9 Å². The molecule has 0 fully saturated rings. The summed E-state index contributed by atoms with van der Waals surface area (Å²) in [4.78, 5) is 32.6. The Labute approximate surface area is 429 Å². The summed E-state index contributed by atoms with van der Waals surface area (Å²) in [6.45, 7) is 2.63. The fourth-order valence-corrected chi connectivity index (χ4v) is 8.06. The predicted octanol–water partition coefficient (Wildman–Crippen LogP) is 11.4. The second-order valence-electron chi connectivity index (χ2n) is 16.8. The number of nitrogens with two attached hydrogens (primary N) is 6. The highest BCUT2D eigenvalue weighted by Crippen LogP contribution is 2.32. The van der Waals surface area contributed by atoms with Gasteiger partial charge in [0, 0.05) is 32.8 Å². The number of aromatic nitrogens is 8. The summed E-state index contributed by atoms with van der Waals surface area (Å²) in [5, 5.41) is 3.23. The average Bonchev–Trinajstić information content (AvgIpc) is 3.43. The number of hydrogen-bond donors (Lipinski definition) is 6. The lowest BCUT2D eigenvalue weighted by molar-refractivity contribution is 0.340. The molecule has 0 radical (unpaired) electrons. The van der Waals surface area contributed by atoms with Crippen LogP contribution in [0.5, 0.6) is 5.75 Å². The lowest BCUT2D eigenvalue weighted by Gasteiger charge is -2.08. The largest absolute Gasteiger partial charge is 0.494 e. The summed E-state index contributed by atoms with van der Waals surface area (Å²) in [6, 6.07) is 50.2. The van der Waals surface area contributed by atoms with Crippen LogP contribution in [0.1, 0.15) is 6.92 Å². The first-order chi connectivity index (χ1) is 36.4. The zero-order chi connectivity index (χ0) is 52.4. The predicted molar refractivity (Wildman–Crippen MR) is 297 cm³/mol. The van der Waals surface area contributed by atoms with Gasteiger partial charge in [0.05, 0.1) is 34.4 Å². The fourth-order valence-electron chi connectivity index (χ4n) is 8.06. The van der Waals surface area contributed by atoms with Crippen molar-refractivity contribution in [3.05, 3.63) is 201 Å². The van der Waals surface area contributed by atoms with Gasteiger partial charge in [0.25, 0.3) is 0 Å². The summed E-state index contributed by atoms with van der Waals surface area (Å²) < 4.78 is 32.5. The Balaban J connectivity index is 0.000000123. The van der Waals surface area contributed by atoms with Crippen LogP contribution in [0.15, 0.2) is 189 Å². The summed E-state index contributed by atoms with van der Waals surface area (Å²) in [5.41, 5.74) is 45.8. The average molecular weight is 995 g/mol. The van der Waals surface area contributed by atoms with E-state index in [1.165, 1.54) is 43.5 Å². The standard InChI is InChI=1S/C16H15N3O.2C14H11FN4.C14H11N3/c1-2-20-13-5-3-4-11(8-13)12-6-7-15-14(9-12)16(17)19-10-18-15;15-12-3-2-9(16)6-10(12)8-1-4-13-11(5-8)14(17)19-7-18-13;15-11-3-1-9(6-12(11)16)8-2-4-13-10(5-8)14(17)19-7-18-13;15-14-12-8-11(10-4-2-1-3-5-10)6-7-13(12)16-9-17-14/h3-10H,2H2,1H3,(H2,17,18,19);2*1-7H,16H2,(H2,17,18,19);1-9H,(H2,15,16,17). The number of anilines is 6. The highest BCUT2D eigenvalue weighted by Gasteiger charge is 2.10. The molecule has 12 rings (SSSR count). The van der Waals surface area contributed by atoms with Crippen molar-refractivity contribution in [2.24, 2.45) is 0 Å². The van der Waals surface area contributed by atoms with Gasteiger partial charge in [-0.05, 0) is 137 Å². The van der Waals surface area contributed by atoms with Gasteiger partial charge in [0.2, 0.25) is 0 Å². The smallest absolute Gasteiger partial charge is 0.146 e. The Kier molecular flexibility index (Phi) is 14.8. The second-order valence-corrected chi connectivity index (χ2v) is 16.8. The van der Waals surface area contributed by atoms with E-state index in [0.717, 1.165) is 77.4 Å². The third-order valence-electron chi connectivity index (χ3n) is 11.9. The number of nitrogen functional groups attached to an aromatic ring is 6.